The van der Waals surface area contributed by atoms with Crippen LogP contribution < -0.4 is 14.2 Å². The van der Waals surface area contributed by atoms with E-state index >= 15 is 0 Å². The zero-order valence-electron chi connectivity index (χ0n) is 13.1. The Bertz CT molecular complexity index is 528. The molecule has 1 aliphatic carbocycles. The van der Waals surface area contributed by atoms with Gasteiger partial charge in [0.2, 0.25) is 5.88 Å². The number of Topliss-reactive ketones (excluding diaryl/α,β-unsaturated/α-hetero) is 1. The fraction of sp³-hybridized carbons (Fsp3) is 0.600. The maximum absolute atomic E-state index is 11.5. The molecular formula is C15H22N2O3S2. The summed E-state index contributed by atoms with van der Waals surface area (Å²) in [6.07, 6.45) is 5.68. The first-order valence-corrected chi connectivity index (χ1v) is 9.87. The van der Waals surface area contributed by atoms with Crippen molar-refractivity contribution < 1.29 is 14.3 Å². The van der Waals surface area contributed by atoms with Gasteiger partial charge >= 0.3 is 0 Å². The Morgan fingerprint density at radius 1 is 1.50 bits per heavy atom. The van der Waals surface area contributed by atoms with Crippen LogP contribution in [-0.2, 0) is 25.6 Å². The van der Waals surface area contributed by atoms with Gasteiger partial charge in [-0.05, 0) is 23.5 Å². The van der Waals surface area contributed by atoms with Gasteiger partial charge in [0.05, 0.1) is 6.20 Å². The van der Waals surface area contributed by atoms with Crippen LogP contribution in [0.2, 0.25) is 0 Å². The molecule has 0 spiro atoms. The molecule has 0 saturated heterocycles. The van der Waals surface area contributed by atoms with E-state index in [9.17, 15) is 4.79 Å². The highest BCUT2D eigenvalue weighted by Crippen LogP contribution is 2.25. The van der Waals surface area contributed by atoms with Gasteiger partial charge in [0.15, 0.2) is 5.78 Å². The van der Waals surface area contributed by atoms with Crippen molar-refractivity contribution in [1.82, 2.24) is 9.71 Å². The molecule has 1 heterocycles. The lowest BCUT2D eigenvalue weighted by Crippen LogP contribution is -2.47. The van der Waals surface area contributed by atoms with E-state index in [1.165, 1.54) is 0 Å². The van der Waals surface area contributed by atoms with Crippen molar-refractivity contribution in [3.05, 3.63) is 18.3 Å². The Morgan fingerprint density at radius 3 is 2.77 bits per heavy atom. The first kappa shape index (κ1) is 17.3. The highest BCUT2D eigenvalue weighted by Gasteiger charge is 2.31. The van der Waals surface area contributed by atoms with Gasteiger partial charge in [-0.15, -0.1) is 0 Å². The van der Waals surface area contributed by atoms with Crippen LogP contribution in [0, 0.1) is 5.92 Å². The molecule has 1 unspecified atom stereocenters. The topological polar surface area (TPSA) is 60.5 Å². The lowest BCUT2D eigenvalue weighted by molar-refractivity contribution is -0.123. The molecule has 1 aromatic rings. The summed E-state index contributed by atoms with van der Waals surface area (Å²) in [5.74, 6) is 1.22. The predicted octanol–water partition coefficient (Wildman–Crippen LogP) is 1.81. The zero-order chi connectivity index (χ0) is 16.1. The first-order valence-electron chi connectivity index (χ1n) is 7.32. The number of ketones is 1. The lowest BCUT2D eigenvalue weighted by atomic mass is 9.90. The van der Waals surface area contributed by atoms with Gasteiger partial charge in [-0.3, -0.25) is 9.52 Å². The molecule has 1 fully saturated rings. The molecule has 122 valence electrons. The molecule has 1 aromatic heterocycles. The lowest BCUT2D eigenvalue weighted by Gasteiger charge is -2.35. The Morgan fingerprint density at radius 2 is 2.23 bits per heavy atom. The second-order valence-corrected chi connectivity index (χ2v) is 8.37. The summed E-state index contributed by atoms with van der Waals surface area (Å²) in [5, 5.41) is 0. The highest BCUT2D eigenvalue weighted by atomic mass is 32.8. The molecule has 7 heteroatoms. The molecule has 0 radical (unpaired) electrons. The van der Waals surface area contributed by atoms with E-state index in [1.54, 1.807) is 18.3 Å². The first-order chi connectivity index (χ1) is 10.4. The molecule has 0 amide bonds. The van der Waals surface area contributed by atoms with Gasteiger partial charge in [0.25, 0.3) is 0 Å². The predicted molar refractivity (Wildman–Crippen MR) is 90.8 cm³/mol. The molecule has 2 rings (SSSR count). The van der Waals surface area contributed by atoms with E-state index < -0.39 is 0 Å². The second-order valence-electron chi connectivity index (χ2n) is 5.72. The molecule has 1 saturated carbocycles. The van der Waals surface area contributed by atoms with Gasteiger partial charge in [-0.25, -0.2) is 4.98 Å². The summed E-state index contributed by atoms with van der Waals surface area (Å²) in [7, 11) is -0.151. The average Bonchev–Trinajstić information content (AvgIpc) is 2.43. The van der Waals surface area contributed by atoms with Crippen molar-refractivity contribution in [3.63, 3.8) is 0 Å². The maximum Gasteiger partial charge on any atom is 0.213 e. The van der Waals surface area contributed by atoms with Crippen LogP contribution in [-0.4, -0.2) is 35.8 Å². The van der Waals surface area contributed by atoms with Crippen LogP contribution >= 0.6 is 0 Å². The van der Waals surface area contributed by atoms with Gasteiger partial charge in [-0.1, -0.05) is 23.5 Å². The highest BCUT2D eigenvalue weighted by molar-refractivity contribution is 8.27. The van der Waals surface area contributed by atoms with Crippen molar-refractivity contribution in [2.24, 2.45) is 5.92 Å². The smallest absolute Gasteiger partial charge is 0.213 e. The number of pyridine rings is 1. The minimum Gasteiger partial charge on any atom is -0.484 e. The molecule has 22 heavy (non-hydrogen) atoms. The molecule has 0 bridgehead atoms. The summed E-state index contributed by atoms with van der Waals surface area (Å²) in [5.41, 5.74) is 0. The number of nitrogens with one attached hydrogen (secondary N) is 1. The van der Waals surface area contributed by atoms with Crippen LogP contribution in [0.3, 0.4) is 0 Å². The Balaban J connectivity index is 1.74. The molecule has 0 aromatic carbocycles. The summed E-state index contributed by atoms with van der Waals surface area (Å²) in [6, 6.07) is 4.00. The van der Waals surface area contributed by atoms with Gasteiger partial charge in [-0.2, -0.15) is 0 Å². The van der Waals surface area contributed by atoms with Crippen LogP contribution in [0.4, 0.5) is 0 Å². The molecular weight excluding hydrogens is 320 g/mol. The Hall–Kier alpha value is -1.05. The SMILES string of the molecule is CC(C)C(=O)COc1ccc(OC2CC(NS(C)=S)C2)nc1. The Kier molecular flexibility index (Phi) is 6.28. The Labute approximate surface area is 138 Å². The largest absolute Gasteiger partial charge is 0.484 e. The van der Waals surface area contributed by atoms with Crippen molar-refractivity contribution in [1.29, 1.82) is 0 Å². The average molecular weight is 342 g/mol. The molecule has 1 N–H and O–H groups in total. The number of rotatable bonds is 8. The summed E-state index contributed by atoms with van der Waals surface area (Å²) >= 11 is 5.12. The molecule has 1 atom stereocenters. The third-order valence-corrected chi connectivity index (χ3v) is 4.40. The van der Waals surface area contributed by atoms with E-state index in [4.69, 9.17) is 20.7 Å². The normalized spacial score (nSPS) is 22.0. The molecule has 0 aliphatic heterocycles. The van der Waals surface area contributed by atoms with Gasteiger partial charge in [0, 0.05) is 30.9 Å². The van der Waals surface area contributed by atoms with E-state index in [0.29, 0.717) is 17.7 Å². The van der Waals surface area contributed by atoms with E-state index in [2.05, 4.69) is 9.71 Å². The fourth-order valence-corrected chi connectivity index (χ4v) is 3.08. The minimum atomic E-state index is -0.151. The number of ether oxygens (including phenoxy) is 2. The monoisotopic (exact) mass is 342 g/mol. The van der Waals surface area contributed by atoms with Crippen LogP contribution in [0.15, 0.2) is 18.3 Å². The van der Waals surface area contributed by atoms with E-state index in [1.807, 2.05) is 20.1 Å². The standard InChI is InChI=1S/C15H22N2O3S2/c1-10(2)14(18)9-19-12-4-5-15(16-8-12)20-13-6-11(7-13)17-22(3)21/h4-5,8,10-11,13,17H,6-7,9H2,1-3H3. The van der Waals surface area contributed by atoms with Crippen molar-refractivity contribution in [2.45, 2.75) is 38.8 Å². The zero-order valence-corrected chi connectivity index (χ0v) is 14.7. The summed E-state index contributed by atoms with van der Waals surface area (Å²) in [4.78, 5) is 15.7. The van der Waals surface area contributed by atoms with Crippen LogP contribution in [0.25, 0.3) is 0 Å². The van der Waals surface area contributed by atoms with Crippen LogP contribution in [0.5, 0.6) is 11.6 Å². The number of hydrogen-bond donors (Lipinski definition) is 1. The van der Waals surface area contributed by atoms with E-state index in [0.717, 1.165) is 12.8 Å². The van der Waals surface area contributed by atoms with Gasteiger partial charge < -0.3 is 9.47 Å². The molecule has 5 nitrogen and oxygen atoms in total. The number of carbonyl (C=O) groups is 1. The number of nitrogens with zero attached hydrogens (tertiary/aromatic N) is 1. The summed E-state index contributed by atoms with van der Waals surface area (Å²) in [6.45, 7) is 3.79. The fourth-order valence-electron chi connectivity index (χ4n) is 2.01. The quantitative estimate of drug-likeness (QED) is 0.777. The van der Waals surface area contributed by atoms with Crippen LogP contribution in [0.1, 0.15) is 26.7 Å². The van der Waals surface area contributed by atoms with E-state index in [-0.39, 0.29) is 34.1 Å². The number of carbonyl (C=O) groups excluding carboxylic acids is 1. The second kappa shape index (κ2) is 7.99. The molecule has 1 aliphatic rings. The third-order valence-electron chi connectivity index (χ3n) is 3.45. The maximum atomic E-state index is 11.5. The van der Waals surface area contributed by atoms with Crippen molar-refractivity contribution in [3.8, 4) is 11.6 Å². The minimum absolute atomic E-state index is 0.0193. The number of hydrogen-bond acceptors (Lipinski definition) is 5. The van der Waals surface area contributed by atoms with Crippen molar-refractivity contribution in [2.75, 3.05) is 12.9 Å². The third kappa shape index (κ3) is 5.30. The summed E-state index contributed by atoms with van der Waals surface area (Å²) < 4.78 is 14.5. The van der Waals surface area contributed by atoms with Gasteiger partial charge in [0.1, 0.15) is 18.5 Å². The number of aromatic nitrogens is 1. The van der Waals surface area contributed by atoms with Crippen molar-refractivity contribution >= 4 is 26.6 Å².